The predicted molar refractivity (Wildman–Crippen MR) is 162 cm³/mol. The number of hydrogen-bond acceptors (Lipinski definition) is 5. The highest BCUT2D eigenvalue weighted by Gasteiger charge is 2.23. The zero-order chi connectivity index (χ0) is 27.5. The molecule has 2 aromatic rings. The minimum absolute atomic E-state index is 0.266. The van der Waals surface area contributed by atoms with Crippen molar-refractivity contribution in [2.45, 2.75) is 104 Å². The molecule has 214 valence electrons. The fourth-order valence-electron chi connectivity index (χ4n) is 6.05. The van der Waals surface area contributed by atoms with Crippen molar-refractivity contribution >= 4 is 17.7 Å². The maximum atomic E-state index is 12.4. The van der Waals surface area contributed by atoms with E-state index in [1.807, 2.05) is 17.9 Å². The number of piperazine rings is 1. The van der Waals surface area contributed by atoms with Crippen molar-refractivity contribution in [3.63, 3.8) is 0 Å². The number of nitrogens with one attached hydrogen (secondary N) is 1. The smallest absolute Gasteiger partial charge is 0.225 e. The number of carbonyl (C=O) groups excluding carboxylic acids is 1. The first-order valence-corrected chi connectivity index (χ1v) is 15.7. The highest BCUT2D eigenvalue weighted by atomic mass is 16.2. The number of benzene rings is 1. The number of nitrogens with zero attached hydrogens (tertiary/aromatic N) is 4. The molecule has 1 aromatic heterocycles. The summed E-state index contributed by atoms with van der Waals surface area (Å²) in [4.78, 5) is 26.1. The summed E-state index contributed by atoms with van der Waals surface area (Å²) in [5.41, 5.74) is 3.64. The van der Waals surface area contributed by atoms with Gasteiger partial charge in [0.15, 0.2) is 0 Å². The van der Waals surface area contributed by atoms with Crippen molar-refractivity contribution in [1.29, 1.82) is 0 Å². The molecule has 1 aliphatic heterocycles. The van der Waals surface area contributed by atoms with Crippen LogP contribution in [0.3, 0.4) is 0 Å². The number of carbonyl (C=O) groups is 1. The molecule has 0 unspecified atom stereocenters. The van der Waals surface area contributed by atoms with Gasteiger partial charge in [-0.25, -0.2) is 4.98 Å². The third-order valence-electron chi connectivity index (χ3n) is 8.41. The molecule has 0 atom stereocenters. The third kappa shape index (κ3) is 9.81. The van der Waals surface area contributed by atoms with Gasteiger partial charge in [-0.1, -0.05) is 95.9 Å². The lowest BCUT2D eigenvalue weighted by Crippen LogP contribution is -2.49. The molecule has 2 fully saturated rings. The number of unbranched alkanes of at least 4 members (excludes halogenated alkanes) is 3. The number of anilines is 2. The summed E-state index contributed by atoms with van der Waals surface area (Å²) in [6.07, 6.45) is 16.1. The van der Waals surface area contributed by atoms with Gasteiger partial charge in [0.1, 0.15) is 5.82 Å². The number of rotatable bonds is 13. The first-order valence-electron chi connectivity index (χ1n) is 15.7. The van der Waals surface area contributed by atoms with E-state index in [2.05, 4.69) is 53.3 Å². The van der Waals surface area contributed by atoms with Crippen molar-refractivity contribution in [3.8, 4) is 0 Å². The van der Waals surface area contributed by atoms with E-state index >= 15 is 0 Å². The zero-order valence-corrected chi connectivity index (χ0v) is 24.8. The fourth-order valence-corrected chi connectivity index (χ4v) is 6.05. The van der Waals surface area contributed by atoms with Crippen molar-refractivity contribution in [3.05, 3.63) is 47.2 Å². The SMILES string of the molecule is Cc1cc(N2CCN(C(=O)CC(C)C)CC2)nc(NCc2ccc(CCCCCCC3CCCCC3)cc2)n1. The number of hydrogen-bond donors (Lipinski definition) is 1. The average Bonchev–Trinajstić information content (AvgIpc) is 2.94. The summed E-state index contributed by atoms with van der Waals surface area (Å²) in [6.45, 7) is 10.0. The number of amides is 1. The Bertz CT molecular complexity index is 1010. The second-order valence-electron chi connectivity index (χ2n) is 12.3. The number of aryl methyl sites for hydroxylation is 2. The van der Waals surface area contributed by atoms with Gasteiger partial charge >= 0.3 is 0 Å². The normalized spacial score (nSPS) is 16.6. The second kappa shape index (κ2) is 15.2. The summed E-state index contributed by atoms with van der Waals surface area (Å²) in [5, 5.41) is 3.43. The molecule has 1 saturated heterocycles. The van der Waals surface area contributed by atoms with Crippen LogP contribution in [0.1, 0.15) is 101 Å². The lowest BCUT2D eigenvalue weighted by Gasteiger charge is -2.36. The summed E-state index contributed by atoms with van der Waals surface area (Å²) in [5.74, 6) is 3.30. The molecule has 1 amide bonds. The van der Waals surface area contributed by atoms with Gasteiger partial charge in [0.2, 0.25) is 11.9 Å². The van der Waals surface area contributed by atoms with Crippen molar-refractivity contribution in [2.75, 3.05) is 36.4 Å². The highest BCUT2D eigenvalue weighted by Crippen LogP contribution is 2.28. The van der Waals surface area contributed by atoms with Gasteiger partial charge in [0, 0.05) is 50.9 Å². The molecular weight excluding hydrogens is 482 g/mol. The van der Waals surface area contributed by atoms with Crippen LogP contribution in [-0.4, -0.2) is 47.0 Å². The standard InChI is InChI=1S/C33H51N5O/c1-26(2)23-32(39)38-21-19-37(20-22-38)31-24-27(3)35-33(36-31)34-25-30-17-15-29(16-18-30)14-8-5-4-7-11-28-12-9-6-10-13-28/h15-18,24,26,28H,4-14,19-23,25H2,1-3H3,(H,34,35,36). The van der Waals surface area contributed by atoms with E-state index in [-0.39, 0.29) is 5.91 Å². The lowest BCUT2D eigenvalue weighted by molar-refractivity contribution is -0.132. The first-order chi connectivity index (χ1) is 19.0. The Morgan fingerprint density at radius 3 is 2.33 bits per heavy atom. The summed E-state index contributed by atoms with van der Waals surface area (Å²) in [7, 11) is 0. The van der Waals surface area contributed by atoms with E-state index in [0.717, 1.165) is 43.6 Å². The first kappa shape index (κ1) is 29.4. The Balaban J connectivity index is 1.17. The third-order valence-corrected chi connectivity index (χ3v) is 8.41. The number of aromatic nitrogens is 2. The molecule has 2 heterocycles. The van der Waals surface area contributed by atoms with Gasteiger partial charge in [0.05, 0.1) is 0 Å². The van der Waals surface area contributed by atoms with E-state index < -0.39 is 0 Å². The molecule has 4 rings (SSSR count). The minimum atomic E-state index is 0.266. The molecule has 0 radical (unpaired) electrons. The molecule has 6 heteroatoms. The van der Waals surface area contributed by atoms with Crippen LogP contribution in [0.15, 0.2) is 30.3 Å². The Kier molecular flexibility index (Phi) is 11.5. The van der Waals surface area contributed by atoms with Crippen LogP contribution in [0, 0.1) is 18.8 Å². The molecular formula is C33H51N5O. The topological polar surface area (TPSA) is 61.4 Å². The van der Waals surface area contributed by atoms with E-state index in [0.29, 0.717) is 24.8 Å². The van der Waals surface area contributed by atoms with E-state index in [1.54, 1.807) is 0 Å². The summed E-state index contributed by atoms with van der Waals surface area (Å²) < 4.78 is 0. The van der Waals surface area contributed by atoms with Gasteiger partial charge in [0.25, 0.3) is 0 Å². The zero-order valence-electron chi connectivity index (χ0n) is 24.8. The van der Waals surface area contributed by atoms with E-state index in [1.165, 1.54) is 81.8 Å². The van der Waals surface area contributed by atoms with Gasteiger partial charge in [-0.15, -0.1) is 0 Å². The molecule has 39 heavy (non-hydrogen) atoms. The highest BCUT2D eigenvalue weighted by molar-refractivity contribution is 5.76. The maximum absolute atomic E-state index is 12.4. The van der Waals surface area contributed by atoms with E-state index in [9.17, 15) is 4.79 Å². The lowest BCUT2D eigenvalue weighted by atomic mass is 9.85. The molecule has 6 nitrogen and oxygen atoms in total. The van der Waals surface area contributed by atoms with Crippen LogP contribution < -0.4 is 10.2 Å². The Morgan fingerprint density at radius 1 is 0.923 bits per heavy atom. The van der Waals surface area contributed by atoms with Crippen LogP contribution in [0.4, 0.5) is 11.8 Å². The molecule has 2 aliphatic rings. The Morgan fingerprint density at radius 2 is 1.62 bits per heavy atom. The second-order valence-corrected chi connectivity index (χ2v) is 12.3. The molecule has 1 aliphatic carbocycles. The molecule has 1 N–H and O–H groups in total. The van der Waals surface area contributed by atoms with Gasteiger partial charge < -0.3 is 15.1 Å². The van der Waals surface area contributed by atoms with Crippen LogP contribution in [0.5, 0.6) is 0 Å². The Hall–Kier alpha value is -2.63. The van der Waals surface area contributed by atoms with Gasteiger partial charge in [-0.2, -0.15) is 4.98 Å². The van der Waals surface area contributed by atoms with Crippen LogP contribution in [0.25, 0.3) is 0 Å². The van der Waals surface area contributed by atoms with Crippen LogP contribution in [0.2, 0.25) is 0 Å². The molecule has 0 spiro atoms. The Labute approximate surface area is 237 Å². The van der Waals surface area contributed by atoms with Crippen molar-refractivity contribution < 1.29 is 4.79 Å². The quantitative estimate of drug-likeness (QED) is 0.277. The van der Waals surface area contributed by atoms with E-state index in [4.69, 9.17) is 4.98 Å². The average molecular weight is 534 g/mol. The fraction of sp³-hybridized carbons (Fsp3) is 0.667. The van der Waals surface area contributed by atoms with Crippen molar-refractivity contribution in [2.24, 2.45) is 11.8 Å². The largest absolute Gasteiger partial charge is 0.353 e. The monoisotopic (exact) mass is 533 g/mol. The van der Waals surface area contributed by atoms with Crippen LogP contribution in [-0.2, 0) is 17.8 Å². The van der Waals surface area contributed by atoms with Gasteiger partial charge in [-0.3, -0.25) is 4.79 Å². The van der Waals surface area contributed by atoms with Gasteiger partial charge in [-0.05, 0) is 42.7 Å². The predicted octanol–water partition coefficient (Wildman–Crippen LogP) is 7.17. The maximum Gasteiger partial charge on any atom is 0.225 e. The summed E-state index contributed by atoms with van der Waals surface area (Å²) in [6, 6.07) is 11.1. The molecule has 0 bridgehead atoms. The van der Waals surface area contributed by atoms with Crippen molar-refractivity contribution in [1.82, 2.24) is 14.9 Å². The molecule has 1 saturated carbocycles. The molecule has 1 aromatic carbocycles. The minimum Gasteiger partial charge on any atom is -0.353 e. The summed E-state index contributed by atoms with van der Waals surface area (Å²) >= 11 is 0. The van der Waals surface area contributed by atoms with Crippen LogP contribution >= 0.6 is 0 Å².